The van der Waals surface area contributed by atoms with Crippen LogP contribution in [0, 0.1) is 12.8 Å². The Labute approximate surface area is 96.3 Å². The second kappa shape index (κ2) is 4.37. The Hall–Kier alpha value is -1.16. The number of rotatable bonds is 4. The standard InChI is InChI=1S/C12H19N3O/c1-8-11(7-16)6-13-12(14-8)15(3)9(2)10-4-5-10/h6,9-10,16H,4-5,7H2,1-3H3. The third kappa shape index (κ3) is 2.16. The third-order valence-corrected chi connectivity index (χ3v) is 3.47. The highest BCUT2D eigenvalue weighted by molar-refractivity contribution is 5.33. The quantitative estimate of drug-likeness (QED) is 0.837. The highest BCUT2D eigenvalue weighted by Gasteiger charge is 2.31. The van der Waals surface area contributed by atoms with Crippen LogP contribution in [0.25, 0.3) is 0 Å². The van der Waals surface area contributed by atoms with Gasteiger partial charge < -0.3 is 10.0 Å². The molecule has 1 heterocycles. The van der Waals surface area contributed by atoms with Crippen molar-refractivity contribution in [2.24, 2.45) is 5.92 Å². The minimum Gasteiger partial charge on any atom is -0.392 e. The van der Waals surface area contributed by atoms with Crippen molar-refractivity contribution in [3.63, 3.8) is 0 Å². The third-order valence-electron chi connectivity index (χ3n) is 3.47. The minimum absolute atomic E-state index is 0.00794. The fourth-order valence-corrected chi connectivity index (χ4v) is 1.88. The summed E-state index contributed by atoms with van der Waals surface area (Å²) in [6.07, 6.45) is 4.35. The van der Waals surface area contributed by atoms with Gasteiger partial charge in [-0.15, -0.1) is 0 Å². The van der Waals surface area contributed by atoms with E-state index in [4.69, 9.17) is 5.11 Å². The maximum atomic E-state index is 9.06. The van der Waals surface area contributed by atoms with Crippen molar-refractivity contribution in [3.8, 4) is 0 Å². The monoisotopic (exact) mass is 221 g/mol. The van der Waals surface area contributed by atoms with Crippen LogP contribution in [0.4, 0.5) is 5.95 Å². The molecule has 1 aromatic rings. The van der Waals surface area contributed by atoms with E-state index >= 15 is 0 Å². The Morgan fingerprint density at radius 2 is 2.25 bits per heavy atom. The second-order valence-corrected chi connectivity index (χ2v) is 4.63. The first kappa shape index (κ1) is 11.3. The van der Waals surface area contributed by atoms with Crippen LogP contribution in [0.3, 0.4) is 0 Å². The molecule has 16 heavy (non-hydrogen) atoms. The average Bonchev–Trinajstić information content (AvgIpc) is 3.11. The lowest BCUT2D eigenvalue weighted by molar-refractivity contribution is 0.280. The van der Waals surface area contributed by atoms with Crippen molar-refractivity contribution in [2.45, 2.75) is 39.3 Å². The van der Waals surface area contributed by atoms with Crippen molar-refractivity contribution in [2.75, 3.05) is 11.9 Å². The van der Waals surface area contributed by atoms with Gasteiger partial charge in [0.05, 0.1) is 6.61 Å². The summed E-state index contributed by atoms with van der Waals surface area (Å²) in [5, 5.41) is 9.06. The lowest BCUT2D eigenvalue weighted by Gasteiger charge is -2.25. The van der Waals surface area contributed by atoms with Gasteiger partial charge in [0.25, 0.3) is 0 Å². The fourth-order valence-electron chi connectivity index (χ4n) is 1.88. The Morgan fingerprint density at radius 1 is 1.56 bits per heavy atom. The molecule has 0 radical (unpaired) electrons. The number of aliphatic hydroxyl groups excluding tert-OH is 1. The van der Waals surface area contributed by atoms with Crippen LogP contribution in [0.1, 0.15) is 31.0 Å². The molecule has 1 N–H and O–H groups in total. The Bertz CT molecular complexity index is 377. The second-order valence-electron chi connectivity index (χ2n) is 4.63. The lowest BCUT2D eigenvalue weighted by Crippen LogP contribution is -2.32. The van der Waals surface area contributed by atoms with Crippen LogP contribution >= 0.6 is 0 Å². The van der Waals surface area contributed by atoms with Crippen molar-refractivity contribution >= 4 is 5.95 Å². The van der Waals surface area contributed by atoms with Gasteiger partial charge in [0.1, 0.15) is 0 Å². The van der Waals surface area contributed by atoms with E-state index in [9.17, 15) is 0 Å². The number of aliphatic hydroxyl groups is 1. The molecule has 1 aliphatic carbocycles. The summed E-state index contributed by atoms with van der Waals surface area (Å²) in [7, 11) is 2.04. The van der Waals surface area contributed by atoms with Crippen LogP contribution < -0.4 is 4.90 Å². The van der Waals surface area contributed by atoms with Gasteiger partial charge in [-0.2, -0.15) is 0 Å². The number of nitrogens with zero attached hydrogens (tertiary/aromatic N) is 3. The zero-order chi connectivity index (χ0) is 11.7. The molecular formula is C12H19N3O. The number of hydrogen-bond acceptors (Lipinski definition) is 4. The molecular weight excluding hydrogens is 202 g/mol. The molecule has 0 amide bonds. The SMILES string of the molecule is Cc1nc(N(C)C(C)C2CC2)ncc1CO. The highest BCUT2D eigenvalue weighted by atomic mass is 16.3. The Morgan fingerprint density at radius 3 is 2.75 bits per heavy atom. The summed E-state index contributed by atoms with van der Waals surface area (Å²) in [5.74, 6) is 1.56. The van der Waals surface area contributed by atoms with Gasteiger partial charge in [0.2, 0.25) is 5.95 Å². The van der Waals surface area contributed by atoms with E-state index in [1.807, 2.05) is 14.0 Å². The number of anilines is 1. The minimum atomic E-state index is 0.00794. The molecule has 4 heteroatoms. The van der Waals surface area contributed by atoms with E-state index in [0.717, 1.165) is 23.1 Å². The molecule has 1 unspecified atom stereocenters. The number of hydrogen-bond donors (Lipinski definition) is 1. The predicted octanol–water partition coefficient (Wildman–Crippen LogP) is 1.51. The fraction of sp³-hybridized carbons (Fsp3) is 0.667. The maximum Gasteiger partial charge on any atom is 0.225 e. The van der Waals surface area contributed by atoms with Crippen LogP contribution in [0.15, 0.2) is 6.20 Å². The average molecular weight is 221 g/mol. The number of aromatic nitrogens is 2. The van der Waals surface area contributed by atoms with Gasteiger partial charge in [0.15, 0.2) is 0 Å². The molecule has 1 fully saturated rings. The van der Waals surface area contributed by atoms with Crippen LogP contribution in [0.5, 0.6) is 0 Å². The van der Waals surface area contributed by atoms with Crippen LogP contribution in [-0.4, -0.2) is 28.2 Å². The zero-order valence-electron chi connectivity index (χ0n) is 10.1. The van der Waals surface area contributed by atoms with Gasteiger partial charge in [-0.05, 0) is 32.6 Å². The number of aryl methyl sites for hydroxylation is 1. The summed E-state index contributed by atoms with van der Waals surface area (Å²) in [5.41, 5.74) is 1.67. The first-order valence-corrected chi connectivity index (χ1v) is 5.79. The van der Waals surface area contributed by atoms with Crippen molar-refractivity contribution < 1.29 is 5.11 Å². The van der Waals surface area contributed by atoms with Gasteiger partial charge in [-0.25, -0.2) is 9.97 Å². The van der Waals surface area contributed by atoms with Gasteiger partial charge in [-0.3, -0.25) is 0 Å². The molecule has 0 aliphatic heterocycles. The molecule has 2 rings (SSSR count). The van der Waals surface area contributed by atoms with Crippen LogP contribution in [-0.2, 0) is 6.61 Å². The van der Waals surface area contributed by atoms with Gasteiger partial charge in [-0.1, -0.05) is 0 Å². The van der Waals surface area contributed by atoms with Crippen LogP contribution in [0.2, 0.25) is 0 Å². The molecule has 0 spiro atoms. The molecule has 1 aromatic heterocycles. The molecule has 1 saturated carbocycles. The van der Waals surface area contributed by atoms with E-state index in [2.05, 4.69) is 21.8 Å². The van der Waals surface area contributed by atoms with Gasteiger partial charge >= 0.3 is 0 Å². The first-order valence-electron chi connectivity index (χ1n) is 5.79. The van der Waals surface area contributed by atoms with E-state index in [1.54, 1.807) is 6.20 Å². The topological polar surface area (TPSA) is 49.2 Å². The molecule has 0 saturated heterocycles. The Kier molecular flexibility index (Phi) is 3.10. The van der Waals surface area contributed by atoms with Crippen molar-refractivity contribution in [3.05, 3.63) is 17.5 Å². The van der Waals surface area contributed by atoms with Gasteiger partial charge in [0, 0.05) is 30.5 Å². The molecule has 4 nitrogen and oxygen atoms in total. The summed E-state index contributed by atoms with van der Waals surface area (Å²) in [6, 6.07) is 0.499. The normalized spacial score (nSPS) is 17.2. The van der Waals surface area contributed by atoms with Crippen molar-refractivity contribution in [1.29, 1.82) is 0 Å². The summed E-state index contributed by atoms with van der Waals surface area (Å²) in [6.45, 7) is 4.14. The smallest absolute Gasteiger partial charge is 0.225 e. The van der Waals surface area contributed by atoms with Crippen molar-refractivity contribution in [1.82, 2.24) is 9.97 Å². The molecule has 1 aliphatic rings. The summed E-state index contributed by atoms with van der Waals surface area (Å²) < 4.78 is 0. The lowest BCUT2D eigenvalue weighted by atomic mass is 10.2. The Balaban J connectivity index is 2.16. The summed E-state index contributed by atoms with van der Waals surface area (Å²) >= 11 is 0. The zero-order valence-corrected chi connectivity index (χ0v) is 10.1. The molecule has 1 atom stereocenters. The van der Waals surface area contributed by atoms with E-state index in [1.165, 1.54) is 12.8 Å². The highest BCUT2D eigenvalue weighted by Crippen LogP contribution is 2.35. The maximum absolute atomic E-state index is 9.06. The molecule has 0 bridgehead atoms. The van der Waals surface area contributed by atoms with E-state index < -0.39 is 0 Å². The van der Waals surface area contributed by atoms with E-state index in [0.29, 0.717) is 6.04 Å². The largest absolute Gasteiger partial charge is 0.392 e. The van der Waals surface area contributed by atoms with E-state index in [-0.39, 0.29) is 6.61 Å². The first-order chi connectivity index (χ1) is 7.63. The predicted molar refractivity (Wildman–Crippen MR) is 63.3 cm³/mol. The summed E-state index contributed by atoms with van der Waals surface area (Å²) in [4.78, 5) is 10.9. The molecule has 0 aromatic carbocycles. The molecule has 88 valence electrons.